The lowest BCUT2D eigenvalue weighted by molar-refractivity contribution is -0.148. The summed E-state index contributed by atoms with van der Waals surface area (Å²) in [6.07, 6.45) is -2.63. The lowest BCUT2D eigenvalue weighted by Crippen LogP contribution is -2.52. The molecule has 8 heteroatoms. The van der Waals surface area contributed by atoms with Gasteiger partial charge in [-0.05, 0) is 29.8 Å². The Hall–Kier alpha value is -3.56. The molecule has 4 atom stereocenters. The molecule has 2 saturated heterocycles. The first-order chi connectivity index (χ1) is 18.2. The monoisotopic (exact) mass is 503 g/mol. The standard InChI is InChI=1S/C29H29NO7/c31-27(21-12-6-2-7-13-21)30-24-25(35-18-20-10-4-1-5-11-20)23(37-26(24)29-33-16-17-34-29)19-36-28(32)22-14-8-3-9-15-22/h1-15,23-26,29H,16-19H2,(H,30,31)/t23-,24-,25-,26-/m1/s1. The average Bonchev–Trinajstić information content (AvgIpc) is 3.60. The fourth-order valence-electron chi connectivity index (χ4n) is 4.50. The van der Waals surface area contributed by atoms with Gasteiger partial charge in [0.1, 0.15) is 24.9 Å². The van der Waals surface area contributed by atoms with E-state index in [0.717, 1.165) is 5.56 Å². The molecule has 0 bridgehead atoms. The number of hydrogen-bond donors (Lipinski definition) is 1. The van der Waals surface area contributed by atoms with Gasteiger partial charge in [-0.3, -0.25) is 4.79 Å². The van der Waals surface area contributed by atoms with Gasteiger partial charge in [-0.25, -0.2) is 4.79 Å². The maximum Gasteiger partial charge on any atom is 0.338 e. The van der Waals surface area contributed by atoms with Crippen molar-refractivity contribution in [2.24, 2.45) is 0 Å². The first kappa shape index (κ1) is 25.1. The zero-order valence-corrected chi connectivity index (χ0v) is 20.2. The van der Waals surface area contributed by atoms with Gasteiger partial charge >= 0.3 is 5.97 Å². The number of ether oxygens (including phenoxy) is 5. The number of carbonyl (C=O) groups excluding carboxylic acids is 2. The molecule has 0 saturated carbocycles. The van der Waals surface area contributed by atoms with Crippen LogP contribution in [0.1, 0.15) is 26.3 Å². The summed E-state index contributed by atoms with van der Waals surface area (Å²) in [5, 5.41) is 3.07. The maximum atomic E-state index is 13.1. The van der Waals surface area contributed by atoms with Gasteiger partial charge in [0.2, 0.25) is 0 Å². The van der Waals surface area contributed by atoms with E-state index < -0.39 is 36.6 Å². The van der Waals surface area contributed by atoms with Crippen molar-refractivity contribution in [1.82, 2.24) is 5.32 Å². The second-order valence-corrected chi connectivity index (χ2v) is 8.84. The van der Waals surface area contributed by atoms with E-state index in [1.807, 2.05) is 42.5 Å². The second-order valence-electron chi connectivity index (χ2n) is 8.84. The highest BCUT2D eigenvalue weighted by Crippen LogP contribution is 2.31. The zero-order valence-electron chi connectivity index (χ0n) is 20.2. The summed E-state index contributed by atoms with van der Waals surface area (Å²) >= 11 is 0. The molecule has 0 radical (unpaired) electrons. The number of hydrogen-bond acceptors (Lipinski definition) is 7. The Morgan fingerprint density at radius 3 is 2.05 bits per heavy atom. The first-order valence-electron chi connectivity index (χ1n) is 12.3. The molecule has 3 aromatic carbocycles. The van der Waals surface area contributed by atoms with E-state index in [-0.39, 0.29) is 19.1 Å². The molecular weight excluding hydrogens is 474 g/mol. The smallest absolute Gasteiger partial charge is 0.338 e. The van der Waals surface area contributed by atoms with Crippen molar-refractivity contribution in [3.05, 3.63) is 108 Å². The Morgan fingerprint density at radius 2 is 1.41 bits per heavy atom. The molecule has 37 heavy (non-hydrogen) atoms. The van der Waals surface area contributed by atoms with Crippen LogP contribution in [0.4, 0.5) is 0 Å². The third-order valence-corrected chi connectivity index (χ3v) is 6.33. The lowest BCUT2D eigenvalue weighted by Gasteiger charge is -2.27. The van der Waals surface area contributed by atoms with Crippen LogP contribution >= 0.6 is 0 Å². The van der Waals surface area contributed by atoms with Crippen molar-refractivity contribution >= 4 is 11.9 Å². The molecule has 0 aromatic heterocycles. The number of nitrogens with one attached hydrogen (secondary N) is 1. The number of amides is 1. The molecule has 8 nitrogen and oxygen atoms in total. The molecule has 2 fully saturated rings. The van der Waals surface area contributed by atoms with Crippen LogP contribution < -0.4 is 5.32 Å². The van der Waals surface area contributed by atoms with Crippen LogP contribution in [0.2, 0.25) is 0 Å². The molecule has 3 aromatic rings. The summed E-state index contributed by atoms with van der Waals surface area (Å²) in [7, 11) is 0. The van der Waals surface area contributed by atoms with Gasteiger partial charge in [0, 0.05) is 5.56 Å². The molecule has 0 spiro atoms. The quantitative estimate of drug-likeness (QED) is 0.448. The molecule has 1 amide bonds. The fraction of sp³-hybridized carbons (Fsp3) is 0.310. The Morgan fingerprint density at radius 1 is 0.811 bits per heavy atom. The van der Waals surface area contributed by atoms with Crippen molar-refractivity contribution in [3.63, 3.8) is 0 Å². The highest BCUT2D eigenvalue weighted by Gasteiger charge is 2.51. The van der Waals surface area contributed by atoms with E-state index >= 15 is 0 Å². The van der Waals surface area contributed by atoms with Gasteiger partial charge in [-0.2, -0.15) is 0 Å². The Bertz CT molecular complexity index is 1150. The molecule has 2 aliphatic rings. The van der Waals surface area contributed by atoms with Crippen molar-refractivity contribution in [3.8, 4) is 0 Å². The number of carbonyl (C=O) groups is 2. The van der Waals surface area contributed by atoms with Crippen LogP contribution in [0.25, 0.3) is 0 Å². The summed E-state index contributed by atoms with van der Waals surface area (Å²) < 4.78 is 29.8. The van der Waals surface area contributed by atoms with E-state index in [4.69, 9.17) is 23.7 Å². The topological polar surface area (TPSA) is 92.3 Å². The first-order valence-corrected chi connectivity index (χ1v) is 12.3. The maximum absolute atomic E-state index is 13.1. The average molecular weight is 504 g/mol. The predicted molar refractivity (Wildman–Crippen MR) is 134 cm³/mol. The summed E-state index contributed by atoms with van der Waals surface area (Å²) in [6, 6.07) is 26.8. The van der Waals surface area contributed by atoms with E-state index in [0.29, 0.717) is 24.3 Å². The van der Waals surface area contributed by atoms with Gasteiger partial charge in [0.05, 0.1) is 31.4 Å². The van der Waals surface area contributed by atoms with Crippen LogP contribution in [-0.4, -0.2) is 62.3 Å². The van der Waals surface area contributed by atoms with Crippen LogP contribution in [0.15, 0.2) is 91.0 Å². The molecule has 5 rings (SSSR count). The van der Waals surface area contributed by atoms with Gasteiger partial charge in [0.25, 0.3) is 5.91 Å². The summed E-state index contributed by atoms with van der Waals surface area (Å²) in [4.78, 5) is 25.8. The third-order valence-electron chi connectivity index (χ3n) is 6.33. The van der Waals surface area contributed by atoms with E-state index in [2.05, 4.69) is 5.32 Å². The minimum Gasteiger partial charge on any atom is -0.459 e. The predicted octanol–water partition coefficient (Wildman–Crippen LogP) is 3.37. The minimum absolute atomic E-state index is 0.0614. The summed E-state index contributed by atoms with van der Waals surface area (Å²) in [5.74, 6) is -0.736. The summed E-state index contributed by atoms with van der Waals surface area (Å²) in [6.45, 7) is 1.07. The van der Waals surface area contributed by atoms with Crippen LogP contribution in [0.3, 0.4) is 0 Å². The van der Waals surface area contributed by atoms with Crippen LogP contribution in [-0.2, 0) is 30.3 Å². The van der Waals surface area contributed by atoms with Crippen LogP contribution in [0.5, 0.6) is 0 Å². The van der Waals surface area contributed by atoms with E-state index in [9.17, 15) is 9.59 Å². The SMILES string of the molecule is O=C(N[C@@H]1[C@H](OCc2ccccc2)[C@@H](COC(=O)c2ccccc2)O[C@H]1C1OCCO1)c1ccccc1. The molecule has 0 aliphatic carbocycles. The van der Waals surface area contributed by atoms with Gasteiger partial charge in [0.15, 0.2) is 6.29 Å². The number of benzene rings is 3. The number of esters is 1. The van der Waals surface area contributed by atoms with Gasteiger partial charge < -0.3 is 29.0 Å². The van der Waals surface area contributed by atoms with Crippen LogP contribution in [0, 0.1) is 0 Å². The molecule has 2 aliphatic heterocycles. The fourth-order valence-corrected chi connectivity index (χ4v) is 4.50. The van der Waals surface area contributed by atoms with Crippen molar-refractivity contribution in [2.45, 2.75) is 37.3 Å². The Labute approximate surface area is 215 Å². The summed E-state index contributed by atoms with van der Waals surface area (Å²) in [5.41, 5.74) is 1.91. The third kappa shape index (κ3) is 6.23. The minimum atomic E-state index is -0.682. The molecular formula is C29H29NO7. The van der Waals surface area contributed by atoms with E-state index in [1.54, 1.807) is 48.5 Å². The van der Waals surface area contributed by atoms with E-state index in [1.165, 1.54) is 0 Å². The van der Waals surface area contributed by atoms with Gasteiger partial charge in [-0.15, -0.1) is 0 Å². The normalized spacial score (nSPS) is 23.6. The number of rotatable bonds is 9. The van der Waals surface area contributed by atoms with Gasteiger partial charge in [-0.1, -0.05) is 66.7 Å². The molecule has 1 N–H and O–H groups in total. The highest BCUT2D eigenvalue weighted by atomic mass is 16.7. The Kier molecular flexibility index (Phi) is 8.22. The van der Waals surface area contributed by atoms with Crippen molar-refractivity contribution in [1.29, 1.82) is 0 Å². The van der Waals surface area contributed by atoms with Crippen molar-refractivity contribution in [2.75, 3.05) is 19.8 Å². The molecule has 2 heterocycles. The highest BCUT2D eigenvalue weighted by molar-refractivity contribution is 5.94. The molecule has 0 unspecified atom stereocenters. The lowest BCUT2D eigenvalue weighted by atomic mass is 10.0. The molecule has 192 valence electrons. The largest absolute Gasteiger partial charge is 0.459 e. The Balaban J connectivity index is 1.37. The van der Waals surface area contributed by atoms with Crippen molar-refractivity contribution < 1.29 is 33.3 Å². The second kappa shape index (κ2) is 12.1. The zero-order chi connectivity index (χ0) is 25.5.